The molecule has 0 bridgehead atoms. The van der Waals surface area contributed by atoms with E-state index >= 15 is 0 Å². The Balaban J connectivity index is 3.31. The Hall–Kier alpha value is -0.0131. The molecule has 0 aromatic rings. The third-order valence-electron chi connectivity index (χ3n) is 5.37. The first-order valence-electron chi connectivity index (χ1n) is 10.5. The van der Waals surface area contributed by atoms with Gasteiger partial charge in [0.25, 0.3) is 0 Å². The molecular formula is C22H43ClSi. The van der Waals surface area contributed by atoms with E-state index < -0.39 is 0 Å². The van der Waals surface area contributed by atoms with E-state index in [0.717, 1.165) is 16.7 Å². The molecule has 0 radical (unpaired) electrons. The molecule has 1 unspecified atom stereocenters. The van der Waals surface area contributed by atoms with Crippen LogP contribution in [0.4, 0.5) is 0 Å². The van der Waals surface area contributed by atoms with Crippen molar-refractivity contribution in [1.29, 1.82) is 0 Å². The molecule has 0 aromatic heterocycles. The lowest BCUT2D eigenvalue weighted by Gasteiger charge is -2.27. The van der Waals surface area contributed by atoms with E-state index in [4.69, 9.17) is 11.6 Å². The molecule has 0 heterocycles. The van der Waals surface area contributed by atoms with Crippen LogP contribution < -0.4 is 0 Å². The van der Waals surface area contributed by atoms with Crippen molar-refractivity contribution in [1.82, 2.24) is 0 Å². The Labute approximate surface area is 160 Å². The fourth-order valence-electron chi connectivity index (χ4n) is 3.17. The van der Waals surface area contributed by atoms with Crippen molar-refractivity contribution in [2.75, 3.05) is 0 Å². The summed E-state index contributed by atoms with van der Waals surface area (Å²) in [4.78, 5) is 0. The van der Waals surface area contributed by atoms with Crippen LogP contribution in [0.3, 0.4) is 0 Å². The van der Waals surface area contributed by atoms with Gasteiger partial charge in [0.2, 0.25) is 0 Å². The number of halogens is 1. The molecule has 0 aromatic carbocycles. The van der Waals surface area contributed by atoms with Gasteiger partial charge in [-0.2, -0.15) is 0 Å². The average Bonchev–Trinajstić information content (AvgIpc) is 2.61. The monoisotopic (exact) mass is 370 g/mol. The second-order valence-electron chi connectivity index (χ2n) is 7.63. The molecule has 0 aliphatic rings. The summed E-state index contributed by atoms with van der Waals surface area (Å²) in [5, 5.41) is 0.203. The lowest BCUT2D eigenvalue weighted by atomic mass is 9.98. The van der Waals surface area contributed by atoms with Crippen LogP contribution in [-0.4, -0.2) is 15.6 Å². The van der Waals surface area contributed by atoms with Gasteiger partial charge in [-0.05, 0) is 6.42 Å². The smallest absolute Gasteiger partial charge is 0.0426 e. The lowest BCUT2D eigenvalue weighted by Crippen LogP contribution is -2.19. The van der Waals surface area contributed by atoms with Gasteiger partial charge in [-0.25, -0.2) is 0 Å². The van der Waals surface area contributed by atoms with Crippen molar-refractivity contribution in [3.05, 3.63) is 25.3 Å². The minimum absolute atomic E-state index is 0.0120. The predicted molar refractivity (Wildman–Crippen MR) is 118 cm³/mol. The van der Waals surface area contributed by atoms with Crippen LogP contribution in [-0.2, 0) is 0 Å². The Morgan fingerprint density at radius 2 is 1.08 bits per heavy atom. The van der Waals surface area contributed by atoms with Crippen LogP contribution in [0.25, 0.3) is 0 Å². The third kappa shape index (κ3) is 12.4. The first-order chi connectivity index (χ1) is 11.6. The highest BCUT2D eigenvalue weighted by molar-refractivity contribution is 6.30. The van der Waals surface area contributed by atoms with Crippen LogP contribution in [0.2, 0.25) is 5.04 Å². The highest BCUT2D eigenvalue weighted by atomic mass is 35.5. The summed E-state index contributed by atoms with van der Waals surface area (Å²) in [6.07, 6.45) is 24.8. The molecule has 0 saturated heterocycles. The molecule has 0 N–H and O–H groups in total. The zero-order valence-corrected chi connectivity index (χ0v) is 19.4. The minimum atomic E-state index is 0.0120. The third-order valence-corrected chi connectivity index (χ3v) is 7.93. The normalized spacial score (nSPS) is 13.1. The quantitative estimate of drug-likeness (QED) is 0.102. The predicted octanol–water partition coefficient (Wildman–Crippen LogP) is 7.36. The molecule has 1 atom stereocenters. The summed E-state index contributed by atoms with van der Waals surface area (Å²) in [6, 6.07) is 0. The van der Waals surface area contributed by atoms with Gasteiger partial charge >= 0.3 is 0 Å². The number of hydrogen-bond donors (Lipinski definition) is 0. The van der Waals surface area contributed by atoms with Gasteiger partial charge in [0.05, 0.1) is 0 Å². The van der Waals surface area contributed by atoms with Gasteiger partial charge in [-0.1, -0.05) is 109 Å². The van der Waals surface area contributed by atoms with E-state index in [0.29, 0.717) is 0 Å². The van der Waals surface area contributed by atoms with E-state index in [1.54, 1.807) is 0 Å². The zero-order chi connectivity index (χ0) is 18.1. The molecule has 0 saturated carbocycles. The maximum Gasteiger partial charge on any atom is 0.0426 e. The number of rotatable bonds is 18. The molecular weight excluding hydrogens is 328 g/mol. The molecule has 24 heavy (non-hydrogen) atoms. The van der Waals surface area contributed by atoms with Gasteiger partial charge in [0.15, 0.2) is 0 Å². The van der Waals surface area contributed by atoms with E-state index in [9.17, 15) is 0 Å². The van der Waals surface area contributed by atoms with E-state index in [2.05, 4.69) is 20.1 Å². The van der Waals surface area contributed by atoms with Gasteiger partial charge < -0.3 is 0 Å². The largest absolute Gasteiger partial charge is 0.122 e. The highest BCUT2D eigenvalue weighted by Crippen LogP contribution is 2.36. The maximum absolute atomic E-state index is 6.53. The first kappa shape index (κ1) is 24.0. The van der Waals surface area contributed by atoms with E-state index in [1.807, 2.05) is 12.2 Å². The number of allylic oxidation sites excluding steroid dienone is 2. The van der Waals surface area contributed by atoms with Gasteiger partial charge in [0.1, 0.15) is 0 Å². The molecule has 0 nitrogen and oxygen atoms in total. The standard InChI is InChI=1S/C22H43ClSi/c1-4-7-8-9-10-11-12-13-14-15-16-17-18-19-20-21(23)22(24,5-2)6-3/h5-6,21H,2-4,7-20H2,1,24H3. The molecule has 0 aliphatic carbocycles. The van der Waals surface area contributed by atoms with Crippen LogP contribution in [0.5, 0.6) is 0 Å². The van der Waals surface area contributed by atoms with Gasteiger partial charge in [-0.3, -0.25) is 0 Å². The van der Waals surface area contributed by atoms with Gasteiger partial charge in [-0.15, -0.1) is 24.8 Å². The van der Waals surface area contributed by atoms with Crippen LogP contribution >= 0.6 is 11.6 Å². The summed E-state index contributed by atoms with van der Waals surface area (Å²) >= 11 is 6.53. The Kier molecular flexibility index (Phi) is 16.4. The average molecular weight is 371 g/mol. The topological polar surface area (TPSA) is 0 Å². The second-order valence-corrected chi connectivity index (χ2v) is 9.89. The second kappa shape index (κ2) is 16.5. The van der Waals surface area contributed by atoms with Crippen molar-refractivity contribution in [2.45, 2.75) is 114 Å². The van der Waals surface area contributed by atoms with Crippen molar-refractivity contribution < 1.29 is 0 Å². The maximum atomic E-state index is 6.53. The lowest BCUT2D eigenvalue weighted by molar-refractivity contribution is 0.527. The van der Waals surface area contributed by atoms with Crippen LogP contribution in [0.1, 0.15) is 103 Å². The summed E-state index contributed by atoms with van der Waals surface area (Å²) in [7, 11) is 1.01. The summed E-state index contributed by atoms with van der Waals surface area (Å²) in [5.41, 5.74) is 0. The van der Waals surface area contributed by atoms with E-state index in [-0.39, 0.29) is 10.4 Å². The summed E-state index contributed by atoms with van der Waals surface area (Å²) < 4.78 is 0. The zero-order valence-electron chi connectivity index (χ0n) is 16.6. The summed E-state index contributed by atoms with van der Waals surface area (Å²) in [6.45, 7) is 10.1. The van der Waals surface area contributed by atoms with Crippen molar-refractivity contribution in [3.63, 3.8) is 0 Å². The molecule has 0 amide bonds. The fourth-order valence-corrected chi connectivity index (χ4v) is 3.79. The van der Waals surface area contributed by atoms with Gasteiger partial charge in [0, 0.05) is 20.7 Å². The number of hydrogen-bond acceptors (Lipinski definition) is 0. The van der Waals surface area contributed by atoms with Crippen molar-refractivity contribution in [2.24, 2.45) is 0 Å². The SMILES string of the molecule is C=CC([SiH3])(C=C)C(Cl)CCCCCCCCCCCCCCCC. The first-order valence-corrected chi connectivity index (χ1v) is 12.0. The summed E-state index contributed by atoms with van der Waals surface area (Å²) in [5.74, 6) is 0. The molecule has 0 aliphatic heterocycles. The van der Waals surface area contributed by atoms with Crippen molar-refractivity contribution in [3.8, 4) is 0 Å². The molecule has 142 valence electrons. The Morgan fingerprint density at radius 3 is 1.42 bits per heavy atom. The molecule has 0 fully saturated rings. The minimum Gasteiger partial charge on any atom is -0.122 e. The Bertz CT molecular complexity index is 292. The molecule has 0 rings (SSSR count). The van der Waals surface area contributed by atoms with E-state index in [1.165, 1.54) is 89.9 Å². The fraction of sp³-hybridized carbons (Fsp3) is 0.818. The number of unbranched alkanes of at least 4 members (excludes halogenated alkanes) is 13. The van der Waals surface area contributed by atoms with Crippen LogP contribution in [0, 0.1) is 0 Å². The highest BCUT2D eigenvalue weighted by Gasteiger charge is 2.25. The van der Waals surface area contributed by atoms with Crippen LogP contribution in [0.15, 0.2) is 25.3 Å². The molecule has 2 heteroatoms. The Morgan fingerprint density at radius 1 is 0.750 bits per heavy atom. The molecule has 0 spiro atoms. The van der Waals surface area contributed by atoms with Crippen molar-refractivity contribution >= 4 is 21.8 Å². The number of alkyl halides is 1.